The van der Waals surface area contributed by atoms with Crippen LogP contribution in [-0.2, 0) is 4.74 Å². The molecule has 19 heavy (non-hydrogen) atoms. The van der Waals surface area contributed by atoms with E-state index < -0.39 is 12.8 Å². The number of alkyl halides is 3. The normalized spacial score (nSPS) is 12.6. The van der Waals surface area contributed by atoms with Gasteiger partial charge in [-0.25, -0.2) is 0 Å². The summed E-state index contributed by atoms with van der Waals surface area (Å²) < 4.78 is 39.8. The number of ether oxygens (including phenoxy) is 1. The third-order valence-corrected chi connectivity index (χ3v) is 2.32. The van der Waals surface area contributed by atoms with Gasteiger partial charge in [-0.2, -0.15) is 13.2 Å². The van der Waals surface area contributed by atoms with E-state index in [0.29, 0.717) is 18.9 Å². The van der Waals surface area contributed by atoms with Crippen LogP contribution in [0.3, 0.4) is 0 Å². The molecule has 0 aromatic rings. The summed E-state index contributed by atoms with van der Waals surface area (Å²) in [4.78, 5) is 4.02. The number of hydrogen-bond donors (Lipinski definition) is 2. The fraction of sp³-hybridized carbons (Fsp3) is 0.917. The monoisotopic (exact) mass is 283 g/mol. The number of guanidine groups is 1. The number of aliphatic imine (C=N–C) groups is 1. The summed E-state index contributed by atoms with van der Waals surface area (Å²) in [5, 5.41) is 6.16. The molecule has 0 aromatic carbocycles. The van der Waals surface area contributed by atoms with Gasteiger partial charge in [0.25, 0.3) is 0 Å². The first-order valence-corrected chi connectivity index (χ1v) is 6.58. The Morgan fingerprint density at radius 3 is 2.26 bits per heavy atom. The molecule has 114 valence electrons. The van der Waals surface area contributed by atoms with E-state index in [1.807, 2.05) is 0 Å². The van der Waals surface area contributed by atoms with E-state index in [-0.39, 0.29) is 6.61 Å². The Kier molecular flexibility index (Phi) is 10.3. The summed E-state index contributed by atoms with van der Waals surface area (Å²) in [7, 11) is 1.66. The number of nitrogens with zero attached hydrogens (tertiary/aromatic N) is 1. The lowest BCUT2D eigenvalue weighted by molar-refractivity contribution is -0.173. The number of halogens is 3. The maximum atomic E-state index is 11.8. The van der Waals surface area contributed by atoms with Crippen LogP contribution >= 0.6 is 0 Å². The first-order chi connectivity index (χ1) is 8.99. The van der Waals surface area contributed by atoms with Gasteiger partial charge < -0.3 is 15.4 Å². The van der Waals surface area contributed by atoms with E-state index in [9.17, 15) is 13.2 Å². The van der Waals surface area contributed by atoms with E-state index in [2.05, 4.69) is 27.3 Å². The summed E-state index contributed by atoms with van der Waals surface area (Å²) in [5.41, 5.74) is 0. The van der Waals surface area contributed by atoms with E-state index in [0.717, 1.165) is 25.8 Å². The second-order valence-corrected chi connectivity index (χ2v) is 4.15. The molecule has 4 nitrogen and oxygen atoms in total. The summed E-state index contributed by atoms with van der Waals surface area (Å²) in [6.45, 7) is 2.41. The van der Waals surface area contributed by atoms with Gasteiger partial charge in [0.1, 0.15) is 6.61 Å². The van der Waals surface area contributed by atoms with Crippen molar-refractivity contribution in [3.63, 3.8) is 0 Å². The zero-order valence-corrected chi connectivity index (χ0v) is 11.6. The highest BCUT2D eigenvalue weighted by Crippen LogP contribution is 2.14. The van der Waals surface area contributed by atoms with Crippen molar-refractivity contribution in [3.8, 4) is 0 Å². The average Bonchev–Trinajstić information content (AvgIpc) is 2.34. The maximum absolute atomic E-state index is 11.8. The quantitative estimate of drug-likeness (QED) is 0.388. The zero-order valence-electron chi connectivity index (χ0n) is 11.6. The minimum absolute atomic E-state index is 0.0827. The van der Waals surface area contributed by atoms with Crippen molar-refractivity contribution in [2.45, 2.75) is 38.8 Å². The van der Waals surface area contributed by atoms with Gasteiger partial charge in [-0.15, -0.1) is 0 Å². The van der Waals surface area contributed by atoms with Gasteiger partial charge in [-0.3, -0.25) is 4.99 Å². The molecule has 0 saturated heterocycles. The molecular formula is C12H24F3N3O. The zero-order chi connectivity index (χ0) is 14.6. The van der Waals surface area contributed by atoms with Crippen molar-refractivity contribution in [1.82, 2.24) is 10.6 Å². The van der Waals surface area contributed by atoms with Gasteiger partial charge in [0.15, 0.2) is 5.96 Å². The van der Waals surface area contributed by atoms with E-state index in [1.165, 1.54) is 0 Å². The standard InChI is InChI=1S/C12H24F3N3O/c1-3-4-5-7-17-11(16-2)18-8-6-9-19-10-12(13,14)15/h3-10H2,1-2H3,(H2,16,17,18). The second kappa shape index (κ2) is 10.9. The lowest BCUT2D eigenvalue weighted by Crippen LogP contribution is -2.38. The lowest BCUT2D eigenvalue weighted by Gasteiger charge is -2.12. The molecule has 0 rings (SSSR count). The predicted molar refractivity (Wildman–Crippen MR) is 70.4 cm³/mol. The van der Waals surface area contributed by atoms with Crippen molar-refractivity contribution >= 4 is 5.96 Å². The first-order valence-electron chi connectivity index (χ1n) is 6.58. The van der Waals surface area contributed by atoms with E-state index in [4.69, 9.17) is 0 Å². The van der Waals surface area contributed by atoms with Crippen LogP contribution in [0.2, 0.25) is 0 Å². The molecule has 0 saturated carbocycles. The molecule has 0 unspecified atom stereocenters. The first kappa shape index (κ1) is 18.0. The highest BCUT2D eigenvalue weighted by molar-refractivity contribution is 5.79. The van der Waals surface area contributed by atoms with Crippen molar-refractivity contribution in [3.05, 3.63) is 0 Å². The Morgan fingerprint density at radius 1 is 1.11 bits per heavy atom. The fourth-order valence-electron chi connectivity index (χ4n) is 1.37. The van der Waals surface area contributed by atoms with Crippen LogP contribution in [0.4, 0.5) is 13.2 Å². The third-order valence-electron chi connectivity index (χ3n) is 2.32. The SMILES string of the molecule is CCCCCNC(=NC)NCCCOCC(F)(F)F. The molecule has 0 radical (unpaired) electrons. The Balaban J connectivity index is 3.47. The Hall–Kier alpha value is -0.980. The summed E-state index contributed by atoms with van der Waals surface area (Å²) in [6.07, 6.45) is -0.346. The summed E-state index contributed by atoms with van der Waals surface area (Å²) in [6, 6.07) is 0. The summed E-state index contributed by atoms with van der Waals surface area (Å²) >= 11 is 0. The minimum atomic E-state index is -4.25. The Morgan fingerprint density at radius 2 is 1.74 bits per heavy atom. The molecule has 0 aliphatic rings. The smallest absolute Gasteiger partial charge is 0.372 e. The van der Waals surface area contributed by atoms with Crippen molar-refractivity contribution in [2.24, 2.45) is 4.99 Å². The van der Waals surface area contributed by atoms with Crippen LogP contribution in [0.1, 0.15) is 32.6 Å². The molecule has 0 aliphatic heterocycles. The van der Waals surface area contributed by atoms with Crippen LogP contribution in [0, 0.1) is 0 Å². The lowest BCUT2D eigenvalue weighted by atomic mass is 10.2. The van der Waals surface area contributed by atoms with Gasteiger partial charge in [-0.05, 0) is 12.8 Å². The van der Waals surface area contributed by atoms with Crippen LogP contribution in [0.5, 0.6) is 0 Å². The summed E-state index contributed by atoms with van der Waals surface area (Å²) in [5.74, 6) is 0.673. The topological polar surface area (TPSA) is 45.7 Å². The molecule has 0 bridgehead atoms. The molecule has 0 fully saturated rings. The maximum Gasteiger partial charge on any atom is 0.411 e. The predicted octanol–water partition coefficient (Wildman–Crippen LogP) is 2.31. The van der Waals surface area contributed by atoms with Gasteiger partial charge >= 0.3 is 6.18 Å². The highest BCUT2D eigenvalue weighted by Gasteiger charge is 2.27. The molecule has 7 heteroatoms. The van der Waals surface area contributed by atoms with Crippen molar-refractivity contribution in [1.29, 1.82) is 0 Å². The molecule has 2 N–H and O–H groups in total. The van der Waals surface area contributed by atoms with Gasteiger partial charge in [0, 0.05) is 26.7 Å². The highest BCUT2D eigenvalue weighted by atomic mass is 19.4. The molecule has 0 spiro atoms. The van der Waals surface area contributed by atoms with E-state index >= 15 is 0 Å². The number of rotatable bonds is 9. The van der Waals surface area contributed by atoms with E-state index in [1.54, 1.807) is 7.05 Å². The minimum Gasteiger partial charge on any atom is -0.372 e. The van der Waals surface area contributed by atoms with Crippen LogP contribution in [0.25, 0.3) is 0 Å². The van der Waals surface area contributed by atoms with Crippen LogP contribution < -0.4 is 10.6 Å². The Labute approximate surface area is 112 Å². The number of hydrogen-bond acceptors (Lipinski definition) is 2. The van der Waals surface area contributed by atoms with Crippen LogP contribution in [0.15, 0.2) is 4.99 Å². The molecule has 0 atom stereocenters. The molecule has 0 amide bonds. The molecule has 0 aromatic heterocycles. The van der Waals surface area contributed by atoms with Crippen molar-refractivity contribution in [2.75, 3.05) is 33.4 Å². The molecular weight excluding hydrogens is 259 g/mol. The second-order valence-electron chi connectivity index (χ2n) is 4.15. The average molecular weight is 283 g/mol. The van der Waals surface area contributed by atoms with Crippen LogP contribution in [-0.4, -0.2) is 45.5 Å². The third kappa shape index (κ3) is 13.3. The van der Waals surface area contributed by atoms with Gasteiger partial charge in [0.05, 0.1) is 0 Å². The van der Waals surface area contributed by atoms with Gasteiger partial charge in [0.2, 0.25) is 0 Å². The molecule has 0 aliphatic carbocycles. The Bertz CT molecular complexity index is 245. The molecule has 0 heterocycles. The number of nitrogens with one attached hydrogen (secondary N) is 2. The number of unbranched alkanes of at least 4 members (excludes halogenated alkanes) is 2. The van der Waals surface area contributed by atoms with Gasteiger partial charge in [-0.1, -0.05) is 19.8 Å². The largest absolute Gasteiger partial charge is 0.411 e. The van der Waals surface area contributed by atoms with Crippen molar-refractivity contribution < 1.29 is 17.9 Å². The fourth-order valence-corrected chi connectivity index (χ4v) is 1.37.